The summed E-state index contributed by atoms with van der Waals surface area (Å²) < 4.78 is 23.0. The molecule has 1 unspecified atom stereocenters. The first-order chi connectivity index (χ1) is 8.38. The molecule has 106 valence electrons. The van der Waals surface area contributed by atoms with Crippen LogP contribution in [0.2, 0.25) is 0 Å². The number of rotatable bonds is 6. The number of carbonyl (C=O) groups is 1. The summed E-state index contributed by atoms with van der Waals surface area (Å²) in [6.45, 7) is 2.56. The Hall–Kier alpha value is -0.620. The van der Waals surface area contributed by atoms with Gasteiger partial charge in [0.2, 0.25) is 5.91 Å². The Morgan fingerprint density at radius 3 is 2.39 bits per heavy atom. The molecule has 0 aromatic carbocycles. The average molecular weight is 276 g/mol. The highest BCUT2D eigenvalue weighted by Crippen LogP contribution is 2.24. The number of nitrogens with two attached hydrogens (primary N) is 1. The van der Waals surface area contributed by atoms with Gasteiger partial charge in [-0.05, 0) is 32.7 Å². The molecule has 1 atom stereocenters. The largest absolute Gasteiger partial charge is 0.339 e. The standard InChI is InChI=1S/C12H24N2O3S/c1-10(18(2,16)17)12(15)14(9-5-8-13)11-6-3-4-7-11/h10-11H,3-9,13H2,1-2H3. The van der Waals surface area contributed by atoms with E-state index in [0.29, 0.717) is 13.1 Å². The maximum atomic E-state index is 12.3. The second-order valence-corrected chi connectivity index (χ2v) is 7.45. The smallest absolute Gasteiger partial charge is 0.240 e. The molecule has 0 spiro atoms. The minimum absolute atomic E-state index is 0.202. The Morgan fingerprint density at radius 1 is 1.39 bits per heavy atom. The normalized spacial score (nSPS) is 18.8. The second-order valence-electron chi connectivity index (χ2n) is 5.08. The van der Waals surface area contributed by atoms with Gasteiger partial charge in [0.1, 0.15) is 5.25 Å². The van der Waals surface area contributed by atoms with Crippen molar-refractivity contribution < 1.29 is 13.2 Å². The maximum Gasteiger partial charge on any atom is 0.240 e. The minimum Gasteiger partial charge on any atom is -0.339 e. The van der Waals surface area contributed by atoms with Gasteiger partial charge < -0.3 is 10.6 Å². The number of carbonyl (C=O) groups excluding carboxylic acids is 1. The van der Waals surface area contributed by atoms with Crippen molar-refractivity contribution in [1.82, 2.24) is 4.90 Å². The molecule has 0 saturated heterocycles. The molecule has 0 radical (unpaired) electrons. The molecule has 0 heterocycles. The fraction of sp³-hybridized carbons (Fsp3) is 0.917. The zero-order chi connectivity index (χ0) is 13.8. The number of amides is 1. The second kappa shape index (κ2) is 6.52. The van der Waals surface area contributed by atoms with Gasteiger partial charge >= 0.3 is 0 Å². The van der Waals surface area contributed by atoms with E-state index in [9.17, 15) is 13.2 Å². The quantitative estimate of drug-likeness (QED) is 0.768. The zero-order valence-corrected chi connectivity index (χ0v) is 12.1. The van der Waals surface area contributed by atoms with E-state index in [-0.39, 0.29) is 11.9 Å². The van der Waals surface area contributed by atoms with Crippen molar-refractivity contribution >= 4 is 15.7 Å². The van der Waals surface area contributed by atoms with Crippen molar-refractivity contribution in [2.45, 2.75) is 50.3 Å². The van der Waals surface area contributed by atoms with Gasteiger partial charge in [-0.25, -0.2) is 8.42 Å². The van der Waals surface area contributed by atoms with Crippen LogP contribution in [0, 0.1) is 0 Å². The molecule has 1 aliphatic carbocycles. The van der Waals surface area contributed by atoms with Crippen molar-refractivity contribution in [2.75, 3.05) is 19.3 Å². The molecule has 1 amide bonds. The topological polar surface area (TPSA) is 80.5 Å². The van der Waals surface area contributed by atoms with Crippen LogP contribution < -0.4 is 5.73 Å². The van der Waals surface area contributed by atoms with Crippen molar-refractivity contribution in [3.63, 3.8) is 0 Å². The fourth-order valence-corrected chi connectivity index (χ4v) is 2.87. The van der Waals surface area contributed by atoms with Crippen LogP contribution in [0.5, 0.6) is 0 Å². The average Bonchev–Trinajstić information content (AvgIpc) is 2.80. The number of hydrogen-bond acceptors (Lipinski definition) is 4. The molecule has 0 aromatic heterocycles. The van der Waals surface area contributed by atoms with E-state index in [1.165, 1.54) is 6.92 Å². The van der Waals surface area contributed by atoms with Crippen molar-refractivity contribution in [3.05, 3.63) is 0 Å². The van der Waals surface area contributed by atoms with Gasteiger partial charge in [0.25, 0.3) is 0 Å². The van der Waals surface area contributed by atoms with Gasteiger partial charge in [-0.15, -0.1) is 0 Å². The lowest BCUT2D eigenvalue weighted by Gasteiger charge is -2.30. The van der Waals surface area contributed by atoms with E-state index in [4.69, 9.17) is 5.73 Å². The van der Waals surface area contributed by atoms with Gasteiger partial charge in [-0.2, -0.15) is 0 Å². The first-order valence-corrected chi connectivity index (χ1v) is 8.52. The molecule has 1 fully saturated rings. The molecule has 18 heavy (non-hydrogen) atoms. The van der Waals surface area contributed by atoms with Crippen molar-refractivity contribution in [1.29, 1.82) is 0 Å². The van der Waals surface area contributed by atoms with Crippen LogP contribution in [-0.2, 0) is 14.6 Å². The molecule has 0 aliphatic heterocycles. The third kappa shape index (κ3) is 3.95. The molecular weight excluding hydrogens is 252 g/mol. The summed E-state index contributed by atoms with van der Waals surface area (Å²) in [4.78, 5) is 14.0. The number of hydrogen-bond donors (Lipinski definition) is 1. The minimum atomic E-state index is -3.32. The third-order valence-electron chi connectivity index (χ3n) is 3.64. The van der Waals surface area contributed by atoms with E-state index in [1.54, 1.807) is 4.90 Å². The van der Waals surface area contributed by atoms with E-state index in [2.05, 4.69) is 0 Å². The van der Waals surface area contributed by atoms with Gasteiger partial charge in [-0.3, -0.25) is 4.79 Å². The number of nitrogens with zero attached hydrogens (tertiary/aromatic N) is 1. The first kappa shape index (κ1) is 15.4. The fourth-order valence-electron chi connectivity index (χ4n) is 2.37. The van der Waals surface area contributed by atoms with Crippen LogP contribution in [0.4, 0.5) is 0 Å². The highest BCUT2D eigenvalue weighted by Gasteiger charge is 2.33. The molecule has 1 saturated carbocycles. The predicted molar refractivity (Wildman–Crippen MR) is 71.9 cm³/mol. The van der Waals surface area contributed by atoms with E-state index in [0.717, 1.165) is 38.4 Å². The van der Waals surface area contributed by atoms with Crippen LogP contribution in [0.25, 0.3) is 0 Å². The molecule has 0 aromatic rings. The summed E-state index contributed by atoms with van der Waals surface area (Å²) in [6.07, 6.45) is 6.03. The summed E-state index contributed by atoms with van der Waals surface area (Å²) in [7, 11) is -3.32. The zero-order valence-electron chi connectivity index (χ0n) is 11.3. The lowest BCUT2D eigenvalue weighted by molar-refractivity contribution is -0.132. The van der Waals surface area contributed by atoms with Crippen LogP contribution in [-0.4, -0.2) is 49.9 Å². The predicted octanol–water partition coefficient (Wildman–Crippen LogP) is 0.540. The highest BCUT2D eigenvalue weighted by molar-refractivity contribution is 7.92. The van der Waals surface area contributed by atoms with Gasteiger partial charge in [0.05, 0.1) is 0 Å². The Balaban J connectivity index is 2.78. The molecular formula is C12H24N2O3S. The van der Waals surface area contributed by atoms with Gasteiger partial charge in [0, 0.05) is 18.8 Å². The molecule has 2 N–H and O–H groups in total. The van der Waals surface area contributed by atoms with Crippen molar-refractivity contribution in [2.24, 2.45) is 5.73 Å². The Labute approximate surface area is 110 Å². The van der Waals surface area contributed by atoms with Crippen molar-refractivity contribution in [3.8, 4) is 0 Å². The summed E-state index contributed by atoms with van der Waals surface area (Å²) in [5.41, 5.74) is 5.48. The van der Waals surface area contributed by atoms with E-state index < -0.39 is 15.1 Å². The lowest BCUT2D eigenvalue weighted by Crippen LogP contribution is -2.46. The third-order valence-corrected chi connectivity index (χ3v) is 5.13. The van der Waals surface area contributed by atoms with Gasteiger partial charge in [-0.1, -0.05) is 12.8 Å². The Morgan fingerprint density at radius 2 is 1.94 bits per heavy atom. The Bertz CT molecular complexity index is 375. The van der Waals surface area contributed by atoms with Crippen LogP contribution in [0.1, 0.15) is 39.0 Å². The molecule has 6 heteroatoms. The molecule has 1 rings (SSSR count). The van der Waals surface area contributed by atoms with E-state index in [1.807, 2.05) is 0 Å². The van der Waals surface area contributed by atoms with E-state index >= 15 is 0 Å². The summed E-state index contributed by atoms with van der Waals surface area (Å²) in [5, 5.41) is -0.948. The van der Waals surface area contributed by atoms with Crippen LogP contribution in [0.3, 0.4) is 0 Å². The molecule has 1 aliphatic rings. The van der Waals surface area contributed by atoms with Crippen LogP contribution in [0.15, 0.2) is 0 Å². The molecule has 5 nitrogen and oxygen atoms in total. The first-order valence-electron chi connectivity index (χ1n) is 6.57. The maximum absolute atomic E-state index is 12.3. The molecule has 0 bridgehead atoms. The Kier molecular flexibility index (Phi) is 5.59. The lowest BCUT2D eigenvalue weighted by atomic mass is 10.2. The van der Waals surface area contributed by atoms with Gasteiger partial charge in [0.15, 0.2) is 9.84 Å². The monoisotopic (exact) mass is 276 g/mol. The summed E-state index contributed by atoms with van der Waals surface area (Å²) >= 11 is 0. The number of sulfone groups is 1. The highest BCUT2D eigenvalue weighted by atomic mass is 32.2. The SMILES string of the molecule is CC(C(=O)N(CCCN)C1CCCC1)S(C)(=O)=O. The van der Waals surface area contributed by atoms with Crippen LogP contribution >= 0.6 is 0 Å². The summed E-state index contributed by atoms with van der Waals surface area (Å²) in [6, 6.07) is 0.202. The summed E-state index contributed by atoms with van der Waals surface area (Å²) in [5.74, 6) is -0.266.